The van der Waals surface area contributed by atoms with E-state index in [1.807, 2.05) is 18.2 Å². The monoisotopic (exact) mass is 238 g/mol. The molecule has 0 aliphatic heterocycles. The number of benzene rings is 1. The van der Waals surface area contributed by atoms with Gasteiger partial charge < -0.3 is 20.1 Å². The molecule has 1 amide bonds. The second-order valence-corrected chi connectivity index (χ2v) is 3.48. The van der Waals surface area contributed by atoms with E-state index in [0.717, 1.165) is 17.1 Å². The van der Waals surface area contributed by atoms with Crippen LogP contribution in [0.2, 0.25) is 0 Å². The molecule has 0 aliphatic carbocycles. The van der Waals surface area contributed by atoms with Crippen LogP contribution in [-0.4, -0.2) is 33.7 Å². The molecule has 0 fully saturated rings. The minimum absolute atomic E-state index is 0.0580. The van der Waals surface area contributed by atoms with Crippen LogP contribution in [0.1, 0.15) is 5.56 Å². The molecule has 17 heavy (non-hydrogen) atoms. The van der Waals surface area contributed by atoms with Crippen LogP contribution in [-0.2, 0) is 11.3 Å². The molecule has 5 nitrogen and oxygen atoms in total. The first-order chi connectivity index (χ1) is 8.21. The Kier molecular flexibility index (Phi) is 5.29. The van der Waals surface area contributed by atoms with Gasteiger partial charge in [0.05, 0.1) is 20.8 Å². The fourth-order valence-corrected chi connectivity index (χ4v) is 1.44. The maximum Gasteiger partial charge on any atom is 0.234 e. The van der Waals surface area contributed by atoms with Gasteiger partial charge >= 0.3 is 0 Å². The normalized spacial score (nSPS) is 9.82. The van der Waals surface area contributed by atoms with E-state index >= 15 is 0 Å². The summed E-state index contributed by atoms with van der Waals surface area (Å²) < 4.78 is 10.3. The van der Waals surface area contributed by atoms with Gasteiger partial charge in [0.2, 0.25) is 5.91 Å². The molecule has 0 radical (unpaired) electrons. The minimum atomic E-state index is -0.0580. The van der Waals surface area contributed by atoms with Crippen molar-refractivity contribution in [3.05, 3.63) is 23.8 Å². The van der Waals surface area contributed by atoms with E-state index < -0.39 is 0 Å². The molecule has 1 aromatic rings. The Labute approximate surface area is 101 Å². The molecular formula is C12H18N2O3. The molecule has 94 valence electrons. The van der Waals surface area contributed by atoms with Crippen LogP contribution in [0.3, 0.4) is 0 Å². The van der Waals surface area contributed by atoms with E-state index in [2.05, 4.69) is 10.6 Å². The van der Waals surface area contributed by atoms with Gasteiger partial charge in [-0.15, -0.1) is 0 Å². The van der Waals surface area contributed by atoms with Crippen LogP contribution in [0, 0.1) is 0 Å². The van der Waals surface area contributed by atoms with Crippen LogP contribution in [0.15, 0.2) is 18.2 Å². The lowest BCUT2D eigenvalue weighted by atomic mass is 10.2. The summed E-state index contributed by atoms with van der Waals surface area (Å²) in [4.78, 5) is 11.3. The van der Waals surface area contributed by atoms with Gasteiger partial charge in [0.15, 0.2) is 0 Å². The Morgan fingerprint density at radius 2 is 2.06 bits per heavy atom. The van der Waals surface area contributed by atoms with Crippen molar-refractivity contribution in [1.29, 1.82) is 0 Å². The van der Waals surface area contributed by atoms with Crippen molar-refractivity contribution in [2.45, 2.75) is 6.54 Å². The number of carbonyl (C=O) groups is 1. The molecule has 5 heteroatoms. The number of hydrogen-bond donors (Lipinski definition) is 2. The Balaban J connectivity index is 2.70. The summed E-state index contributed by atoms with van der Waals surface area (Å²) in [6.45, 7) is 0.715. The highest BCUT2D eigenvalue weighted by atomic mass is 16.5. The number of methoxy groups -OCH3 is 2. The number of likely N-dealkylation sites (N-methyl/N-ethyl adjacent to an activating group) is 1. The Bertz CT molecular complexity index is 380. The van der Waals surface area contributed by atoms with E-state index in [-0.39, 0.29) is 5.91 Å². The summed E-state index contributed by atoms with van der Waals surface area (Å²) in [5.74, 6) is 1.41. The Morgan fingerprint density at radius 1 is 1.29 bits per heavy atom. The van der Waals surface area contributed by atoms with E-state index in [1.54, 1.807) is 21.3 Å². The van der Waals surface area contributed by atoms with Gasteiger partial charge in [-0.05, 0) is 25.2 Å². The van der Waals surface area contributed by atoms with Gasteiger partial charge in [0, 0.05) is 12.1 Å². The van der Waals surface area contributed by atoms with Gasteiger partial charge in [0.25, 0.3) is 0 Å². The van der Waals surface area contributed by atoms with Crippen molar-refractivity contribution >= 4 is 5.91 Å². The first-order valence-corrected chi connectivity index (χ1v) is 5.33. The highest BCUT2D eigenvalue weighted by molar-refractivity contribution is 5.78. The summed E-state index contributed by atoms with van der Waals surface area (Å²) in [6.07, 6.45) is 0. The summed E-state index contributed by atoms with van der Waals surface area (Å²) in [5.41, 5.74) is 0.885. The van der Waals surface area contributed by atoms with Gasteiger partial charge in [-0.2, -0.15) is 0 Å². The fourth-order valence-electron chi connectivity index (χ4n) is 1.44. The van der Waals surface area contributed by atoms with E-state index in [4.69, 9.17) is 9.47 Å². The SMILES string of the molecule is CNCC(=O)NCc1cc(OC)ccc1OC. The van der Waals surface area contributed by atoms with Gasteiger partial charge in [-0.3, -0.25) is 4.79 Å². The predicted octanol–water partition coefficient (Wildman–Crippen LogP) is 0.539. The van der Waals surface area contributed by atoms with Gasteiger partial charge in [-0.1, -0.05) is 0 Å². The zero-order valence-electron chi connectivity index (χ0n) is 10.4. The molecule has 0 aromatic heterocycles. The van der Waals surface area contributed by atoms with Crippen LogP contribution in [0.4, 0.5) is 0 Å². The molecule has 1 aromatic carbocycles. The van der Waals surface area contributed by atoms with Crippen molar-refractivity contribution < 1.29 is 14.3 Å². The van der Waals surface area contributed by atoms with E-state index in [9.17, 15) is 4.79 Å². The second-order valence-electron chi connectivity index (χ2n) is 3.48. The summed E-state index contributed by atoms with van der Waals surface area (Å²) in [6, 6.07) is 5.48. The third kappa shape index (κ3) is 3.96. The summed E-state index contributed by atoms with van der Waals surface area (Å²) >= 11 is 0. The third-order valence-corrected chi connectivity index (χ3v) is 2.30. The zero-order chi connectivity index (χ0) is 12.7. The fraction of sp³-hybridized carbons (Fsp3) is 0.417. The predicted molar refractivity (Wildman–Crippen MR) is 65.3 cm³/mol. The van der Waals surface area contributed by atoms with Crippen LogP contribution in [0.5, 0.6) is 11.5 Å². The maximum absolute atomic E-state index is 11.3. The molecule has 0 unspecified atom stereocenters. The molecule has 0 heterocycles. The Morgan fingerprint density at radius 3 is 2.65 bits per heavy atom. The maximum atomic E-state index is 11.3. The van der Waals surface area contributed by atoms with E-state index in [1.165, 1.54) is 0 Å². The standard InChI is InChI=1S/C12H18N2O3/c1-13-8-12(15)14-7-9-6-10(16-2)4-5-11(9)17-3/h4-6,13H,7-8H2,1-3H3,(H,14,15). The number of nitrogens with one attached hydrogen (secondary N) is 2. The lowest BCUT2D eigenvalue weighted by Crippen LogP contribution is -2.31. The number of amides is 1. The van der Waals surface area contributed by atoms with Crippen molar-refractivity contribution in [1.82, 2.24) is 10.6 Å². The first-order valence-electron chi connectivity index (χ1n) is 5.33. The highest BCUT2D eigenvalue weighted by Crippen LogP contribution is 2.23. The van der Waals surface area contributed by atoms with Crippen molar-refractivity contribution in [2.75, 3.05) is 27.8 Å². The highest BCUT2D eigenvalue weighted by Gasteiger charge is 2.06. The average molecular weight is 238 g/mol. The lowest BCUT2D eigenvalue weighted by Gasteiger charge is -2.11. The molecule has 1 rings (SSSR count). The number of hydrogen-bond acceptors (Lipinski definition) is 4. The van der Waals surface area contributed by atoms with E-state index in [0.29, 0.717) is 13.1 Å². The topological polar surface area (TPSA) is 59.6 Å². The molecule has 0 atom stereocenters. The van der Waals surface area contributed by atoms with Crippen molar-refractivity contribution in [3.63, 3.8) is 0 Å². The quantitative estimate of drug-likeness (QED) is 0.759. The summed E-state index contributed by atoms with van der Waals surface area (Å²) in [5, 5.41) is 5.58. The zero-order valence-corrected chi connectivity index (χ0v) is 10.4. The number of rotatable bonds is 6. The molecule has 0 aliphatic rings. The number of carbonyl (C=O) groups excluding carboxylic acids is 1. The molecule has 2 N–H and O–H groups in total. The molecule has 0 saturated heterocycles. The van der Waals surface area contributed by atoms with Gasteiger partial charge in [0.1, 0.15) is 11.5 Å². The molecule has 0 saturated carbocycles. The van der Waals surface area contributed by atoms with Crippen molar-refractivity contribution in [3.8, 4) is 11.5 Å². The number of ether oxygens (including phenoxy) is 2. The minimum Gasteiger partial charge on any atom is -0.497 e. The van der Waals surface area contributed by atoms with Crippen LogP contribution in [0.25, 0.3) is 0 Å². The molecular weight excluding hydrogens is 220 g/mol. The molecule has 0 bridgehead atoms. The van der Waals surface area contributed by atoms with Crippen molar-refractivity contribution in [2.24, 2.45) is 0 Å². The van der Waals surface area contributed by atoms with Gasteiger partial charge in [-0.25, -0.2) is 0 Å². The largest absolute Gasteiger partial charge is 0.497 e. The first kappa shape index (κ1) is 13.3. The Hall–Kier alpha value is -1.75. The smallest absolute Gasteiger partial charge is 0.234 e. The third-order valence-electron chi connectivity index (χ3n) is 2.30. The van der Waals surface area contributed by atoms with Crippen LogP contribution >= 0.6 is 0 Å². The average Bonchev–Trinajstić information content (AvgIpc) is 2.36. The lowest BCUT2D eigenvalue weighted by molar-refractivity contribution is -0.120. The summed E-state index contributed by atoms with van der Waals surface area (Å²) in [7, 11) is 4.93. The molecule has 0 spiro atoms. The van der Waals surface area contributed by atoms with Crippen LogP contribution < -0.4 is 20.1 Å². The second kappa shape index (κ2) is 6.75.